The summed E-state index contributed by atoms with van der Waals surface area (Å²) in [5.41, 5.74) is 1.51. The van der Waals surface area contributed by atoms with Crippen LogP contribution in [0.15, 0.2) is 73.3 Å². The normalized spacial score (nSPS) is 23.2. The first kappa shape index (κ1) is 19.8. The number of nitrogens with zero attached hydrogens (tertiary/aromatic N) is 3. The largest absolute Gasteiger partial charge is 0.488 e. The highest BCUT2D eigenvalue weighted by Crippen LogP contribution is 2.36. The van der Waals surface area contributed by atoms with Crippen molar-refractivity contribution in [1.82, 2.24) is 14.5 Å². The monoisotopic (exact) mass is 417 g/mol. The van der Waals surface area contributed by atoms with Crippen LogP contribution >= 0.6 is 0 Å². The molecule has 160 valence electrons. The molecule has 0 bridgehead atoms. The van der Waals surface area contributed by atoms with Gasteiger partial charge in [-0.1, -0.05) is 30.3 Å². The van der Waals surface area contributed by atoms with Gasteiger partial charge in [0.1, 0.15) is 11.9 Å². The number of benzene rings is 2. The number of rotatable bonds is 5. The van der Waals surface area contributed by atoms with E-state index in [1.807, 2.05) is 70.3 Å². The summed E-state index contributed by atoms with van der Waals surface area (Å²) >= 11 is 0. The van der Waals surface area contributed by atoms with Gasteiger partial charge in [0, 0.05) is 37.5 Å². The van der Waals surface area contributed by atoms with Crippen LogP contribution in [-0.4, -0.2) is 51.8 Å². The molecule has 0 radical (unpaired) electrons. The number of ether oxygens (including phenoxy) is 2. The Bertz CT molecular complexity index is 1020. The molecule has 1 aromatic heterocycles. The van der Waals surface area contributed by atoms with Gasteiger partial charge in [0.05, 0.1) is 25.1 Å². The van der Waals surface area contributed by atoms with Crippen LogP contribution in [0.3, 0.4) is 0 Å². The molecule has 2 aliphatic heterocycles. The molecule has 1 amide bonds. The van der Waals surface area contributed by atoms with Crippen molar-refractivity contribution in [3.63, 3.8) is 0 Å². The summed E-state index contributed by atoms with van der Waals surface area (Å²) in [4.78, 5) is 19.3. The smallest absolute Gasteiger partial charge is 0.253 e. The number of hydrogen-bond acceptors (Lipinski definition) is 4. The first-order valence-electron chi connectivity index (χ1n) is 10.9. The highest BCUT2D eigenvalue weighted by Gasteiger charge is 2.45. The summed E-state index contributed by atoms with van der Waals surface area (Å²) in [6, 6.07) is 17.8. The van der Waals surface area contributed by atoms with Gasteiger partial charge in [-0.2, -0.15) is 0 Å². The van der Waals surface area contributed by atoms with E-state index in [0.717, 1.165) is 42.7 Å². The van der Waals surface area contributed by atoms with Gasteiger partial charge in [0.2, 0.25) is 0 Å². The second kappa shape index (κ2) is 8.55. The molecule has 2 aliphatic rings. The molecule has 0 N–H and O–H groups in total. The molecule has 0 saturated carbocycles. The van der Waals surface area contributed by atoms with E-state index in [0.29, 0.717) is 19.7 Å². The fourth-order valence-corrected chi connectivity index (χ4v) is 4.70. The van der Waals surface area contributed by atoms with E-state index >= 15 is 0 Å². The van der Waals surface area contributed by atoms with Gasteiger partial charge in [-0.15, -0.1) is 0 Å². The molecule has 2 atom stereocenters. The molecule has 3 aromatic rings. The average molecular weight is 418 g/mol. The fraction of sp³-hybridized carbons (Fsp3) is 0.360. The molecule has 0 aliphatic carbocycles. The minimum atomic E-state index is -0.304. The van der Waals surface area contributed by atoms with Crippen molar-refractivity contribution in [2.75, 3.05) is 19.7 Å². The van der Waals surface area contributed by atoms with Gasteiger partial charge in [-0.25, -0.2) is 4.98 Å². The Balaban J connectivity index is 1.25. The summed E-state index contributed by atoms with van der Waals surface area (Å²) in [6.45, 7) is 2.65. The van der Waals surface area contributed by atoms with E-state index in [1.54, 1.807) is 12.5 Å². The zero-order valence-corrected chi connectivity index (χ0v) is 17.5. The lowest BCUT2D eigenvalue weighted by Crippen LogP contribution is -2.50. The molecule has 6 nitrogen and oxygen atoms in total. The third kappa shape index (κ3) is 4.49. The van der Waals surface area contributed by atoms with Crippen molar-refractivity contribution in [1.29, 1.82) is 0 Å². The zero-order chi connectivity index (χ0) is 21.1. The summed E-state index contributed by atoms with van der Waals surface area (Å²) in [7, 11) is 0. The molecular formula is C25H27N3O3. The predicted molar refractivity (Wildman–Crippen MR) is 117 cm³/mol. The van der Waals surface area contributed by atoms with Crippen LogP contribution in [0.1, 0.15) is 35.2 Å². The van der Waals surface area contributed by atoms with Gasteiger partial charge in [-0.05, 0) is 42.7 Å². The lowest BCUT2D eigenvalue weighted by Gasteiger charge is -2.39. The van der Waals surface area contributed by atoms with Gasteiger partial charge in [0.25, 0.3) is 5.91 Å². The van der Waals surface area contributed by atoms with Gasteiger partial charge < -0.3 is 18.9 Å². The van der Waals surface area contributed by atoms with Crippen molar-refractivity contribution in [3.05, 3.63) is 84.4 Å². The number of imidazole rings is 1. The third-order valence-corrected chi connectivity index (χ3v) is 6.15. The molecule has 3 heterocycles. The third-order valence-electron chi connectivity index (χ3n) is 6.15. The summed E-state index contributed by atoms with van der Waals surface area (Å²) in [6.07, 6.45) is 8.22. The van der Waals surface area contributed by atoms with E-state index in [2.05, 4.69) is 4.98 Å². The van der Waals surface area contributed by atoms with Gasteiger partial charge >= 0.3 is 0 Å². The van der Waals surface area contributed by atoms with Crippen molar-refractivity contribution in [2.24, 2.45) is 0 Å². The van der Waals surface area contributed by atoms with Crippen LogP contribution in [-0.2, 0) is 11.3 Å². The average Bonchev–Trinajstić information content (AvgIpc) is 3.44. The Hall–Kier alpha value is -3.12. The van der Waals surface area contributed by atoms with Crippen molar-refractivity contribution in [2.45, 2.75) is 37.5 Å². The van der Waals surface area contributed by atoms with Crippen molar-refractivity contribution < 1.29 is 14.3 Å². The fourth-order valence-electron chi connectivity index (χ4n) is 4.70. The second-order valence-electron chi connectivity index (χ2n) is 8.52. The van der Waals surface area contributed by atoms with E-state index in [9.17, 15) is 4.79 Å². The number of aromatic nitrogens is 2. The Morgan fingerprint density at radius 3 is 2.94 bits per heavy atom. The molecule has 31 heavy (non-hydrogen) atoms. The summed E-state index contributed by atoms with van der Waals surface area (Å²) in [5.74, 6) is 0.939. The quantitative estimate of drug-likeness (QED) is 0.634. The van der Waals surface area contributed by atoms with Crippen LogP contribution in [0.25, 0.3) is 0 Å². The molecular weight excluding hydrogens is 390 g/mol. The Morgan fingerprint density at radius 1 is 1.19 bits per heavy atom. The number of piperidine rings is 1. The Kier molecular flexibility index (Phi) is 5.47. The maximum atomic E-state index is 13.3. The molecule has 1 spiro atoms. The Labute approximate surface area is 182 Å². The summed E-state index contributed by atoms with van der Waals surface area (Å²) < 4.78 is 14.4. The second-order valence-corrected chi connectivity index (χ2v) is 8.52. The van der Waals surface area contributed by atoms with Crippen molar-refractivity contribution >= 4 is 5.91 Å². The van der Waals surface area contributed by atoms with E-state index in [-0.39, 0.29) is 17.6 Å². The number of carbonyl (C=O) groups excluding carboxylic acids is 1. The van der Waals surface area contributed by atoms with Crippen LogP contribution < -0.4 is 4.74 Å². The highest BCUT2D eigenvalue weighted by atomic mass is 16.6. The predicted octanol–water partition coefficient (Wildman–Crippen LogP) is 3.77. The maximum absolute atomic E-state index is 13.3. The topological polar surface area (TPSA) is 56.6 Å². The number of likely N-dealkylation sites (tertiary alicyclic amines) is 1. The van der Waals surface area contributed by atoms with Gasteiger partial charge in [0.15, 0.2) is 0 Å². The highest BCUT2D eigenvalue weighted by molar-refractivity contribution is 5.94. The van der Waals surface area contributed by atoms with Crippen LogP contribution in [0.5, 0.6) is 5.75 Å². The standard InChI is InChI=1S/C25H27N3O3/c29-24(21-7-4-6-20(14-21)16-27-13-11-26-19-27)28-12-5-10-25(18-28)15-23(17-30-25)31-22-8-2-1-3-9-22/h1-4,6-9,11,13-14,19,23H,5,10,12,15-18H2/t23-,25+/m1/s1. The minimum absolute atomic E-state index is 0.0240. The maximum Gasteiger partial charge on any atom is 0.253 e. The minimum Gasteiger partial charge on any atom is -0.488 e. The lowest BCUT2D eigenvalue weighted by atomic mass is 9.89. The molecule has 2 aromatic carbocycles. The molecule has 5 rings (SSSR count). The first-order chi connectivity index (χ1) is 15.2. The molecule has 2 fully saturated rings. The first-order valence-corrected chi connectivity index (χ1v) is 10.9. The SMILES string of the molecule is O=C(c1cccc(Cn2ccnc2)c1)N1CCC[C@]2(C[C@@H](Oc3ccccc3)CO2)C1. The number of hydrogen-bond donors (Lipinski definition) is 0. The molecule has 6 heteroatoms. The van der Waals surface area contributed by atoms with Gasteiger partial charge in [-0.3, -0.25) is 4.79 Å². The van der Waals surface area contributed by atoms with E-state index in [1.165, 1.54) is 0 Å². The van der Waals surface area contributed by atoms with Crippen LogP contribution in [0, 0.1) is 0 Å². The number of para-hydroxylation sites is 1. The lowest BCUT2D eigenvalue weighted by molar-refractivity contribution is -0.0453. The van der Waals surface area contributed by atoms with Crippen molar-refractivity contribution in [3.8, 4) is 5.75 Å². The zero-order valence-electron chi connectivity index (χ0n) is 17.5. The van der Waals surface area contributed by atoms with Crippen LogP contribution in [0.2, 0.25) is 0 Å². The molecule has 0 unspecified atom stereocenters. The van der Waals surface area contributed by atoms with E-state index < -0.39 is 0 Å². The number of amides is 1. The molecule has 2 saturated heterocycles. The number of carbonyl (C=O) groups is 1. The van der Waals surface area contributed by atoms with Crippen LogP contribution in [0.4, 0.5) is 0 Å². The van der Waals surface area contributed by atoms with E-state index in [4.69, 9.17) is 9.47 Å². The Morgan fingerprint density at radius 2 is 2.10 bits per heavy atom. The summed E-state index contributed by atoms with van der Waals surface area (Å²) in [5, 5.41) is 0.